The molecule has 0 saturated heterocycles. The minimum Gasteiger partial charge on any atom is -0.315 e. The van der Waals surface area contributed by atoms with Crippen LogP contribution in [0.3, 0.4) is 0 Å². The number of hydrogen-bond acceptors (Lipinski definition) is 6. The molecule has 8 heteroatoms. The second-order valence-electron chi connectivity index (χ2n) is 7.33. The molecular weight excluding hydrogens is 386 g/mol. The van der Waals surface area contributed by atoms with E-state index >= 15 is 0 Å². The van der Waals surface area contributed by atoms with Crippen LogP contribution in [0.2, 0.25) is 0 Å². The number of likely N-dealkylation sites (N-methyl/N-ethyl adjacent to an activating group) is 1. The third kappa shape index (κ3) is 3.33. The van der Waals surface area contributed by atoms with Gasteiger partial charge in [-0.2, -0.15) is 0 Å². The Hall–Kier alpha value is -3.00. The SMILES string of the molecule is CN1C(=O)Cc2cc(C(=O)CSc3nnc(-c4cccnc4)n3C3CC3)ccc21. The molecule has 3 heterocycles. The largest absolute Gasteiger partial charge is 0.315 e. The maximum atomic E-state index is 12.8. The number of carbonyl (C=O) groups excluding carboxylic acids is 2. The molecule has 0 spiro atoms. The summed E-state index contributed by atoms with van der Waals surface area (Å²) in [6.45, 7) is 0. The van der Waals surface area contributed by atoms with Crippen LogP contribution in [0.1, 0.15) is 34.8 Å². The molecule has 0 bridgehead atoms. The van der Waals surface area contributed by atoms with Gasteiger partial charge in [-0.1, -0.05) is 11.8 Å². The predicted molar refractivity (Wildman–Crippen MR) is 110 cm³/mol. The Labute approximate surface area is 172 Å². The van der Waals surface area contributed by atoms with Crippen LogP contribution < -0.4 is 4.90 Å². The van der Waals surface area contributed by atoms with Gasteiger partial charge in [0.05, 0.1) is 12.2 Å². The van der Waals surface area contributed by atoms with E-state index in [1.54, 1.807) is 30.4 Å². The van der Waals surface area contributed by atoms with E-state index in [2.05, 4.69) is 19.7 Å². The standard InChI is InChI=1S/C21H19N5O2S/c1-25-17-7-4-13(9-15(17)10-19(25)28)18(27)12-29-21-24-23-20(26(21)16-5-6-16)14-3-2-8-22-11-14/h2-4,7-9,11,16H,5-6,10,12H2,1H3. The number of carbonyl (C=O) groups is 2. The van der Waals surface area contributed by atoms with Crippen molar-refractivity contribution in [1.82, 2.24) is 19.7 Å². The Bertz CT molecular complexity index is 1110. The van der Waals surface area contributed by atoms with Crippen molar-refractivity contribution < 1.29 is 9.59 Å². The summed E-state index contributed by atoms with van der Waals surface area (Å²) < 4.78 is 2.13. The number of Topliss-reactive ketones (excluding diaryl/α,β-unsaturated/α-hetero) is 1. The quantitative estimate of drug-likeness (QED) is 0.463. The second-order valence-corrected chi connectivity index (χ2v) is 8.28. The first kappa shape index (κ1) is 18.1. The van der Waals surface area contributed by atoms with Crippen LogP contribution in [0.15, 0.2) is 47.9 Å². The second kappa shape index (κ2) is 7.11. The Morgan fingerprint density at radius 1 is 1.24 bits per heavy atom. The highest BCUT2D eigenvalue weighted by Crippen LogP contribution is 2.41. The van der Waals surface area contributed by atoms with E-state index in [1.165, 1.54) is 11.8 Å². The zero-order valence-corrected chi connectivity index (χ0v) is 16.7. The number of hydrogen-bond donors (Lipinski definition) is 0. The molecule has 29 heavy (non-hydrogen) atoms. The molecule has 146 valence electrons. The Morgan fingerprint density at radius 3 is 2.86 bits per heavy atom. The van der Waals surface area contributed by atoms with Crippen molar-refractivity contribution in [1.29, 1.82) is 0 Å². The van der Waals surface area contributed by atoms with Crippen molar-refractivity contribution in [2.24, 2.45) is 0 Å². The summed E-state index contributed by atoms with van der Waals surface area (Å²) in [5, 5.41) is 9.46. The van der Waals surface area contributed by atoms with Crippen LogP contribution in [-0.4, -0.2) is 44.2 Å². The third-order valence-corrected chi connectivity index (χ3v) is 6.25. The number of ketones is 1. The van der Waals surface area contributed by atoms with Crippen LogP contribution in [0.25, 0.3) is 11.4 Å². The molecule has 0 atom stereocenters. The summed E-state index contributed by atoms with van der Waals surface area (Å²) in [6, 6.07) is 9.73. The van der Waals surface area contributed by atoms with Gasteiger partial charge in [0.15, 0.2) is 16.8 Å². The molecule has 0 unspecified atom stereocenters. The van der Waals surface area contributed by atoms with Gasteiger partial charge in [-0.05, 0) is 48.7 Å². The lowest BCUT2D eigenvalue weighted by atomic mass is 10.1. The van der Waals surface area contributed by atoms with Gasteiger partial charge >= 0.3 is 0 Å². The monoisotopic (exact) mass is 405 g/mol. The maximum Gasteiger partial charge on any atom is 0.231 e. The summed E-state index contributed by atoms with van der Waals surface area (Å²) in [5.41, 5.74) is 3.35. The topological polar surface area (TPSA) is 81.0 Å². The van der Waals surface area contributed by atoms with E-state index in [4.69, 9.17) is 0 Å². The number of amides is 1. The summed E-state index contributed by atoms with van der Waals surface area (Å²) in [5.74, 6) is 1.16. The lowest BCUT2D eigenvalue weighted by Gasteiger charge is -2.10. The van der Waals surface area contributed by atoms with Gasteiger partial charge < -0.3 is 4.90 Å². The fourth-order valence-electron chi connectivity index (χ4n) is 3.59. The van der Waals surface area contributed by atoms with Crippen molar-refractivity contribution in [2.75, 3.05) is 17.7 Å². The summed E-state index contributed by atoms with van der Waals surface area (Å²) in [6.07, 6.45) is 6.06. The molecule has 0 radical (unpaired) electrons. The summed E-state index contributed by atoms with van der Waals surface area (Å²) in [4.78, 5) is 30.4. The molecule has 3 aromatic rings. The van der Waals surface area contributed by atoms with Gasteiger partial charge in [0.25, 0.3) is 0 Å². The van der Waals surface area contributed by atoms with Gasteiger partial charge in [0, 0.05) is 42.3 Å². The van der Waals surface area contributed by atoms with Gasteiger partial charge in [-0.15, -0.1) is 10.2 Å². The van der Waals surface area contributed by atoms with Gasteiger partial charge in [-0.25, -0.2) is 0 Å². The molecule has 0 N–H and O–H groups in total. The highest BCUT2D eigenvalue weighted by Gasteiger charge is 2.30. The molecular formula is C21H19N5O2S. The van der Waals surface area contributed by atoms with Crippen molar-refractivity contribution in [3.05, 3.63) is 53.9 Å². The highest BCUT2D eigenvalue weighted by molar-refractivity contribution is 7.99. The first-order valence-electron chi connectivity index (χ1n) is 9.52. The van der Waals surface area contributed by atoms with Crippen LogP contribution in [0.5, 0.6) is 0 Å². The zero-order valence-electron chi connectivity index (χ0n) is 15.9. The third-order valence-electron chi connectivity index (χ3n) is 5.31. The van der Waals surface area contributed by atoms with Gasteiger partial charge in [-0.3, -0.25) is 19.1 Å². The minimum atomic E-state index is 0.0214. The minimum absolute atomic E-state index is 0.0214. The van der Waals surface area contributed by atoms with E-state index in [0.717, 1.165) is 40.6 Å². The molecule has 1 aliphatic carbocycles. The molecule has 2 aromatic heterocycles. The average molecular weight is 405 g/mol. The summed E-state index contributed by atoms with van der Waals surface area (Å²) in [7, 11) is 1.76. The lowest BCUT2D eigenvalue weighted by molar-refractivity contribution is -0.117. The number of thioether (sulfide) groups is 1. The Kier molecular flexibility index (Phi) is 4.43. The number of fused-ring (bicyclic) bond motifs is 1. The van der Waals surface area contributed by atoms with E-state index in [0.29, 0.717) is 18.0 Å². The lowest BCUT2D eigenvalue weighted by Crippen LogP contribution is -2.20. The van der Waals surface area contributed by atoms with Crippen LogP contribution in [0.4, 0.5) is 5.69 Å². The van der Waals surface area contributed by atoms with Gasteiger partial charge in [0.2, 0.25) is 5.91 Å². The normalized spacial score (nSPS) is 15.6. The van der Waals surface area contributed by atoms with Crippen LogP contribution in [0, 0.1) is 0 Å². The van der Waals surface area contributed by atoms with E-state index in [9.17, 15) is 9.59 Å². The Balaban J connectivity index is 1.35. The average Bonchev–Trinajstić information content (AvgIpc) is 3.43. The fourth-order valence-corrected chi connectivity index (χ4v) is 4.49. The molecule has 1 aromatic carbocycles. The first-order valence-corrected chi connectivity index (χ1v) is 10.5. The number of rotatable bonds is 6. The van der Waals surface area contributed by atoms with Crippen LogP contribution >= 0.6 is 11.8 Å². The highest BCUT2D eigenvalue weighted by atomic mass is 32.2. The molecule has 1 aliphatic heterocycles. The smallest absolute Gasteiger partial charge is 0.231 e. The number of benzene rings is 1. The van der Waals surface area contributed by atoms with Crippen LogP contribution in [-0.2, 0) is 11.2 Å². The maximum absolute atomic E-state index is 12.8. The van der Waals surface area contributed by atoms with Crippen molar-refractivity contribution >= 4 is 29.1 Å². The molecule has 1 fully saturated rings. The molecule has 2 aliphatic rings. The summed E-state index contributed by atoms with van der Waals surface area (Å²) >= 11 is 1.41. The predicted octanol–water partition coefficient (Wildman–Crippen LogP) is 3.17. The molecule has 1 saturated carbocycles. The Morgan fingerprint density at radius 2 is 2.10 bits per heavy atom. The van der Waals surface area contributed by atoms with Crippen molar-refractivity contribution in [3.8, 4) is 11.4 Å². The van der Waals surface area contributed by atoms with Crippen molar-refractivity contribution in [2.45, 2.75) is 30.5 Å². The van der Waals surface area contributed by atoms with E-state index in [-0.39, 0.29) is 17.4 Å². The number of nitrogens with zero attached hydrogens (tertiary/aromatic N) is 5. The number of aromatic nitrogens is 4. The van der Waals surface area contributed by atoms with E-state index in [1.807, 2.05) is 24.3 Å². The number of pyridine rings is 1. The molecule has 5 rings (SSSR count). The zero-order chi connectivity index (χ0) is 20.0. The number of anilines is 1. The fraction of sp³-hybridized carbons (Fsp3) is 0.286. The van der Waals surface area contributed by atoms with Crippen molar-refractivity contribution in [3.63, 3.8) is 0 Å². The first-order chi connectivity index (χ1) is 14.1. The van der Waals surface area contributed by atoms with E-state index < -0.39 is 0 Å². The molecule has 1 amide bonds. The molecule has 7 nitrogen and oxygen atoms in total. The van der Waals surface area contributed by atoms with Gasteiger partial charge in [0.1, 0.15) is 0 Å².